The van der Waals surface area contributed by atoms with E-state index in [-0.39, 0.29) is 19.7 Å². The Kier molecular flexibility index (Phi) is 9.04. The number of carbonyl (C=O) groups excluding carboxylic acids is 2. The summed E-state index contributed by atoms with van der Waals surface area (Å²) in [6.45, 7) is 3.04. The lowest BCUT2D eigenvalue weighted by atomic mass is 9.97. The highest BCUT2D eigenvalue weighted by atomic mass is 16.5. The maximum Gasteiger partial charge on any atom is 0.230 e. The first kappa shape index (κ1) is 21.9. The number of ketones is 2. The summed E-state index contributed by atoms with van der Waals surface area (Å²) in [5.41, 5.74) is -0.451. The fraction of sp³-hybridized carbons (Fsp3) is 0.556. The lowest BCUT2D eigenvalue weighted by Crippen LogP contribution is -2.42. The summed E-state index contributed by atoms with van der Waals surface area (Å²) in [5.74, 6) is -0.996. The molecular formula is C18H26N2O6. The number of rotatable bonds is 13. The van der Waals surface area contributed by atoms with E-state index in [1.165, 1.54) is 13.8 Å². The van der Waals surface area contributed by atoms with Crippen LogP contribution in [0.2, 0.25) is 0 Å². The number of nitrogens with zero attached hydrogens (tertiary/aromatic N) is 1. The van der Waals surface area contributed by atoms with E-state index in [0.717, 1.165) is 12.0 Å². The lowest BCUT2D eigenvalue weighted by molar-refractivity contribution is -0.138. The average Bonchev–Trinajstić information content (AvgIpc) is 2.64. The molecule has 2 N–H and O–H groups in total. The van der Waals surface area contributed by atoms with Crippen molar-refractivity contribution in [3.05, 3.63) is 34.7 Å². The van der Waals surface area contributed by atoms with Gasteiger partial charge in [0.2, 0.25) is 11.6 Å². The Morgan fingerprint density at radius 3 is 2.50 bits per heavy atom. The number of nitroso groups, excluding NO2 is 1. The van der Waals surface area contributed by atoms with Crippen molar-refractivity contribution >= 4 is 11.6 Å². The number of hydrogen-bond acceptors (Lipinski definition) is 8. The summed E-state index contributed by atoms with van der Waals surface area (Å²) in [6.07, 6.45) is -0.0461. The van der Waals surface area contributed by atoms with Crippen molar-refractivity contribution in [1.82, 2.24) is 5.32 Å². The predicted molar refractivity (Wildman–Crippen MR) is 96.3 cm³/mol. The van der Waals surface area contributed by atoms with Crippen LogP contribution in [0.15, 0.2) is 29.4 Å². The molecule has 0 spiro atoms. The van der Waals surface area contributed by atoms with Gasteiger partial charge in [-0.1, -0.05) is 17.3 Å². The second-order valence-corrected chi connectivity index (χ2v) is 6.39. The molecule has 0 bridgehead atoms. The molecule has 1 aromatic carbocycles. The van der Waals surface area contributed by atoms with Crippen molar-refractivity contribution in [3.8, 4) is 5.75 Å². The molecule has 144 valence electrons. The molecule has 0 aliphatic heterocycles. The van der Waals surface area contributed by atoms with Gasteiger partial charge in [0.25, 0.3) is 0 Å². The topological polar surface area (TPSA) is 114 Å². The maximum atomic E-state index is 11.7. The van der Waals surface area contributed by atoms with Gasteiger partial charge < -0.3 is 19.9 Å². The van der Waals surface area contributed by atoms with E-state index in [0.29, 0.717) is 12.4 Å². The number of aliphatic hydroxyl groups excluding tert-OH is 1. The Bertz CT molecular complexity index is 600. The molecule has 0 fully saturated rings. The Morgan fingerprint density at radius 1 is 1.27 bits per heavy atom. The molecule has 26 heavy (non-hydrogen) atoms. The number of methoxy groups -OCH3 is 1. The van der Waals surface area contributed by atoms with Crippen molar-refractivity contribution in [3.63, 3.8) is 0 Å². The highest BCUT2D eigenvalue weighted by Crippen LogP contribution is 2.13. The van der Waals surface area contributed by atoms with E-state index in [1.807, 2.05) is 24.3 Å². The minimum atomic E-state index is -1.57. The smallest absolute Gasteiger partial charge is 0.230 e. The van der Waals surface area contributed by atoms with Gasteiger partial charge in [-0.25, -0.2) is 0 Å². The first-order valence-electron chi connectivity index (χ1n) is 8.31. The molecular weight excluding hydrogens is 340 g/mol. The number of ether oxygens (including phenoxy) is 2. The molecule has 8 nitrogen and oxygen atoms in total. The quantitative estimate of drug-likeness (QED) is 0.393. The van der Waals surface area contributed by atoms with Gasteiger partial charge >= 0.3 is 0 Å². The minimum Gasteiger partial charge on any atom is -0.491 e. The van der Waals surface area contributed by atoms with Gasteiger partial charge in [0.05, 0.1) is 13.2 Å². The fourth-order valence-corrected chi connectivity index (χ4v) is 2.04. The number of nitrogens with one attached hydrogen (secondary N) is 1. The molecule has 0 aromatic heterocycles. The van der Waals surface area contributed by atoms with Crippen LogP contribution >= 0.6 is 0 Å². The molecule has 0 heterocycles. The van der Waals surface area contributed by atoms with Crippen molar-refractivity contribution in [2.24, 2.45) is 5.18 Å². The van der Waals surface area contributed by atoms with Gasteiger partial charge in [-0.05, 0) is 38.0 Å². The van der Waals surface area contributed by atoms with Gasteiger partial charge in [-0.3, -0.25) is 9.59 Å². The Morgan fingerprint density at radius 2 is 1.92 bits per heavy atom. The van der Waals surface area contributed by atoms with E-state index < -0.39 is 23.2 Å². The van der Waals surface area contributed by atoms with Crippen LogP contribution in [0, 0.1) is 4.91 Å². The van der Waals surface area contributed by atoms with Crippen LogP contribution < -0.4 is 10.1 Å². The van der Waals surface area contributed by atoms with Crippen LogP contribution in [0.25, 0.3) is 0 Å². The summed E-state index contributed by atoms with van der Waals surface area (Å²) < 4.78 is 10.5. The maximum absolute atomic E-state index is 11.7. The van der Waals surface area contributed by atoms with Crippen LogP contribution in [0.5, 0.6) is 5.75 Å². The van der Waals surface area contributed by atoms with Crippen LogP contribution in [0.1, 0.15) is 19.4 Å². The molecule has 8 heteroatoms. The third-order valence-corrected chi connectivity index (χ3v) is 3.66. The number of carbonyl (C=O) groups is 2. The van der Waals surface area contributed by atoms with Crippen molar-refractivity contribution < 1.29 is 24.2 Å². The van der Waals surface area contributed by atoms with Crippen LogP contribution in [0.4, 0.5) is 0 Å². The first-order chi connectivity index (χ1) is 12.3. The summed E-state index contributed by atoms with van der Waals surface area (Å²) in [6, 6.07) is 7.46. The average molecular weight is 366 g/mol. The van der Waals surface area contributed by atoms with Crippen LogP contribution in [-0.2, 0) is 20.7 Å². The number of aliphatic hydroxyl groups is 1. The fourth-order valence-electron chi connectivity index (χ4n) is 2.04. The number of benzene rings is 1. The normalized spacial score (nSPS) is 12.5. The SMILES string of the molecule is COCCc1ccc(OCC(O)CNCC(=O)C(=O)C(C)(C)N=O)cc1. The zero-order chi connectivity index (χ0) is 19.6. The predicted octanol–water partition coefficient (Wildman–Crippen LogP) is 0.888. The second kappa shape index (κ2) is 10.7. The Balaban J connectivity index is 2.30. The van der Waals surface area contributed by atoms with E-state index in [2.05, 4.69) is 10.5 Å². The monoisotopic (exact) mass is 366 g/mol. The number of Topliss-reactive ketones (excluding diaryl/α,β-unsaturated/α-hetero) is 2. The molecule has 1 rings (SSSR count). The summed E-state index contributed by atoms with van der Waals surface area (Å²) in [5, 5.41) is 15.2. The molecule has 0 saturated heterocycles. The van der Waals surface area contributed by atoms with E-state index >= 15 is 0 Å². The molecule has 0 radical (unpaired) electrons. The van der Waals surface area contributed by atoms with Gasteiger partial charge in [-0.2, -0.15) is 0 Å². The highest BCUT2D eigenvalue weighted by Gasteiger charge is 2.33. The largest absolute Gasteiger partial charge is 0.491 e. The Labute approximate surface area is 152 Å². The summed E-state index contributed by atoms with van der Waals surface area (Å²) in [7, 11) is 1.65. The molecule has 0 amide bonds. The second-order valence-electron chi connectivity index (χ2n) is 6.39. The summed E-state index contributed by atoms with van der Waals surface area (Å²) in [4.78, 5) is 33.9. The molecule has 0 saturated carbocycles. The minimum absolute atomic E-state index is 0.0357. The highest BCUT2D eigenvalue weighted by molar-refractivity contribution is 6.41. The Hall–Kier alpha value is -2.16. The summed E-state index contributed by atoms with van der Waals surface area (Å²) >= 11 is 0. The third kappa shape index (κ3) is 7.38. The van der Waals surface area contributed by atoms with Gasteiger partial charge in [-0.15, -0.1) is 4.91 Å². The number of hydrogen-bond donors (Lipinski definition) is 2. The molecule has 1 aromatic rings. The van der Waals surface area contributed by atoms with Gasteiger partial charge in [0.1, 0.15) is 18.5 Å². The molecule has 1 atom stereocenters. The van der Waals surface area contributed by atoms with Crippen LogP contribution in [0.3, 0.4) is 0 Å². The van der Waals surface area contributed by atoms with Crippen molar-refractivity contribution in [2.75, 3.05) is 33.4 Å². The third-order valence-electron chi connectivity index (χ3n) is 3.66. The van der Waals surface area contributed by atoms with Gasteiger partial charge in [0, 0.05) is 13.7 Å². The van der Waals surface area contributed by atoms with Gasteiger partial charge in [0.15, 0.2) is 5.54 Å². The van der Waals surface area contributed by atoms with E-state index in [1.54, 1.807) is 7.11 Å². The van der Waals surface area contributed by atoms with E-state index in [9.17, 15) is 19.6 Å². The zero-order valence-corrected chi connectivity index (χ0v) is 15.4. The molecule has 0 aliphatic carbocycles. The lowest BCUT2D eigenvalue weighted by Gasteiger charge is -2.15. The molecule has 0 aliphatic rings. The van der Waals surface area contributed by atoms with Crippen molar-refractivity contribution in [1.29, 1.82) is 0 Å². The standard InChI is InChI=1S/C18H26N2O6/c1-18(2,20-24)17(23)16(22)11-19-10-14(21)12-26-15-6-4-13(5-7-15)8-9-25-3/h4-7,14,19,21H,8-12H2,1-3H3. The van der Waals surface area contributed by atoms with E-state index in [4.69, 9.17) is 9.47 Å². The first-order valence-corrected chi connectivity index (χ1v) is 8.31. The van der Waals surface area contributed by atoms with Crippen LogP contribution in [-0.4, -0.2) is 61.7 Å². The zero-order valence-electron chi connectivity index (χ0n) is 15.4. The molecule has 1 unspecified atom stereocenters. The van der Waals surface area contributed by atoms with Crippen molar-refractivity contribution in [2.45, 2.75) is 31.9 Å².